The third-order valence-electron chi connectivity index (χ3n) is 4.79. The maximum Gasteiger partial charge on any atom is 0.349 e. The van der Waals surface area contributed by atoms with E-state index in [-0.39, 0.29) is 30.2 Å². The normalized spacial score (nSPS) is 10.8. The molecule has 0 aliphatic rings. The van der Waals surface area contributed by atoms with Gasteiger partial charge in [-0.3, -0.25) is 4.79 Å². The van der Waals surface area contributed by atoms with E-state index in [0.29, 0.717) is 17.9 Å². The minimum absolute atomic E-state index is 0.0740. The number of nitrogens with one attached hydrogen (secondary N) is 1. The molecule has 0 bridgehead atoms. The average Bonchev–Trinajstić information content (AvgIpc) is 2.79. The summed E-state index contributed by atoms with van der Waals surface area (Å²) in [6.45, 7) is 6.23. The Morgan fingerprint density at radius 2 is 1.82 bits per heavy atom. The SMILES string of the molecule is COCCNC(=O)/C(C#N)=C/c1ccc(OC(=O)COc2cc(C)cc(C)c2C)c(OC)c1. The zero-order chi connectivity index (χ0) is 24.4. The number of carbonyl (C=O) groups excluding carboxylic acids is 2. The molecule has 174 valence electrons. The van der Waals surface area contributed by atoms with Crippen LogP contribution in [0.4, 0.5) is 0 Å². The van der Waals surface area contributed by atoms with Gasteiger partial charge in [-0.15, -0.1) is 0 Å². The second-order valence-electron chi connectivity index (χ2n) is 7.30. The van der Waals surface area contributed by atoms with E-state index in [0.717, 1.165) is 16.7 Å². The molecule has 8 nitrogen and oxygen atoms in total. The van der Waals surface area contributed by atoms with Crippen LogP contribution in [0.2, 0.25) is 0 Å². The lowest BCUT2D eigenvalue weighted by atomic mass is 10.1. The number of benzene rings is 2. The summed E-state index contributed by atoms with van der Waals surface area (Å²) in [6, 6.07) is 10.5. The fourth-order valence-electron chi connectivity index (χ4n) is 2.97. The van der Waals surface area contributed by atoms with Gasteiger partial charge in [-0.1, -0.05) is 12.1 Å². The Hall–Kier alpha value is -3.83. The van der Waals surface area contributed by atoms with Gasteiger partial charge >= 0.3 is 5.97 Å². The molecule has 0 aliphatic heterocycles. The number of carbonyl (C=O) groups is 2. The largest absolute Gasteiger partial charge is 0.493 e. The van der Waals surface area contributed by atoms with Crippen molar-refractivity contribution in [3.8, 4) is 23.3 Å². The highest BCUT2D eigenvalue weighted by Crippen LogP contribution is 2.29. The average molecular weight is 453 g/mol. The van der Waals surface area contributed by atoms with Crippen LogP contribution in [0.25, 0.3) is 6.08 Å². The summed E-state index contributed by atoms with van der Waals surface area (Å²) in [5.74, 6) is -0.00171. The smallest absolute Gasteiger partial charge is 0.349 e. The summed E-state index contributed by atoms with van der Waals surface area (Å²) in [5.41, 5.74) is 3.53. The highest BCUT2D eigenvalue weighted by Gasteiger charge is 2.14. The summed E-state index contributed by atoms with van der Waals surface area (Å²) < 4.78 is 21.2. The van der Waals surface area contributed by atoms with Crippen LogP contribution < -0.4 is 19.5 Å². The van der Waals surface area contributed by atoms with Crippen molar-refractivity contribution in [1.82, 2.24) is 5.32 Å². The molecule has 0 saturated carbocycles. The molecule has 0 atom stereocenters. The van der Waals surface area contributed by atoms with E-state index in [1.54, 1.807) is 12.1 Å². The van der Waals surface area contributed by atoms with Crippen LogP contribution >= 0.6 is 0 Å². The number of ether oxygens (including phenoxy) is 4. The monoisotopic (exact) mass is 452 g/mol. The summed E-state index contributed by atoms with van der Waals surface area (Å²) in [4.78, 5) is 24.4. The molecule has 33 heavy (non-hydrogen) atoms. The first kappa shape index (κ1) is 25.4. The van der Waals surface area contributed by atoms with Crippen LogP contribution in [-0.4, -0.2) is 45.9 Å². The first-order valence-corrected chi connectivity index (χ1v) is 10.3. The van der Waals surface area contributed by atoms with E-state index in [2.05, 4.69) is 5.32 Å². The van der Waals surface area contributed by atoms with E-state index < -0.39 is 11.9 Å². The number of rotatable bonds is 10. The highest BCUT2D eigenvalue weighted by molar-refractivity contribution is 6.01. The molecule has 0 fully saturated rings. The third kappa shape index (κ3) is 7.37. The van der Waals surface area contributed by atoms with Gasteiger partial charge in [0.1, 0.15) is 17.4 Å². The first-order valence-electron chi connectivity index (χ1n) is 10.3. The fourth-order valence-corrected chi connectivity index (χ4v) is 2.97. The minimum atomic E-state index is -0.592. The van der Waals surface area contributed by atoms with Gasteiger partial charge in [0.15, 0.2) is 18.1 Å². The van der Waals surface area contributed by atoms with Gasteiger partial charge in [-0.25, -0.2) is 4.79 Å². The van der Waals surface area contributed by atoms with Gasteiger partial charge in [-0.05, 0) is 67.3 Å². The summed E-state index contributed by atoms with van der Waals surface area (Å²) >= 11 is 0. The molecule has 2 aromatic rings. The highest BCUT2D eigenvalue weighted by atomic mass is 16.6. The van der Waals surface area contributed by atoms with Gasteiger partial charge in [0.2, 0.25) is 0 Å². The molecule has 0 aliphatic carbocycles. The van der Waals surface area contributed by atoms with Crippen LogP contribution in [0.1, 0.15) is 22.3 Å². The van der Waals surface area contributed by atoms with Crippen LogP contribution in [0.5, 0.6) is 17.2 Å². The van der Waals surface area contributed by atoms with Crippen LogP contribution in [0.3, 0.4) is 0 Å². The molecule has 8 heteroatoms. The minimum Gasteiger partial charge on any atom is -0.493 e. The van der Waals surface area contributed by atoms with Crippen molar-refractivity contribution >= 4 is 18.0 Å². The number of hydrogen-bond donors (Lipinski definition) is 1. The zero-order valence-corrected chi connectivity index (χ0v) is 19.5. The van der Waals surface area contributed by atoms with E-state index in [9.17, 15) is 14.9 Å². The molecular weight excluding hydrogens is 424 g/mol. The van der Waals surface area contributed by atoms with E-state index >= 15 is 0 Å². The number of amides is 1. The molecule has 0 heterocycles. The molecule has 2 rings (SSSR count). The Bertz CT molecular complexity index is 1090. The Balaban J connectivity index is 2.09. The Kier molecular flexibility index (Phi) is 9.45. The Morgan fingerprint density at radius 3 is 2.48 bits per heavy atom. The lowest BCUT2D eigenvalue weighted by Crippen LogP contribution is -2.27. The van der Waals surface area contributed by atoms with Crippen LogP contribution in [-0.2, 0) is 14.3 Å². The van der Waals surface area contributed by atoms with Gasteiger partial charge in [0.05, 0.1) is 13.7 Å². The Labute approximate surface area is 193 Å². The number of aryl methyl sites for hydroxylation is 2. The lowest BCUT2D eigenvalue weighted by molar-refractivity contribution is -0.136. The predicted octanol–water partition coefficient (Wildman–Crippen LogP) is 3.27. The summed E-state index contributed by atoms with van der Waals surface area (Å²) in [6.07, 6.45) is 1.42. The molecule has 0 aromatic heterocycles. The Morgan fingerprint density at radius 1 is 1.06 bits per heavy atom. The molecule has 1 amide bonds. The van der Waals surface area contributed by atoms with Gasteiger partial charge in [-0.2, -0.15) is 5.26 Å². The topological polar surface area (TPSA) is 107 Å². The second kappa shape index (κ2) is 12.3. The zero-order valence-electron chi connectivity index (χ0n) is 19.5. The lowest BCUT2D eigenvalue weighted by Gasteiger charge is -2.13. The van der Waals surface area contributed by atoms with Crippen molar-refractivity contribution in [2.75, 3.05) is 34.0 Å². The molecule has 0 spiro atoms. The number of methoxy groups -OCH3 is 2. The van der Waals surface area contributed by atoms with Crippen molar-refractivity contribution < 1.29 is 28.5 Å². The van der Waals surface area contributed by atoms with Gasteiger partial charge in [0, 0.05) is 13.7 Å². The number of hydrogen-bond acceptors (Lipinski definition) is 7. The maximum atomic E-state index is 12.3. The van der Waals surface area contributed by atoms with Crippen LogP contribution in [0.15, 0.2) is 35.9 Å². The number of nitriles is 1. The molecule has 2 aromatic carbocycles. The standard InChI is InChI=1S/C25H28N2O6/c1-16-10-17(2)18(3)22(11-16)32-15-24(28)33-21-7-6-19(13-23(21)31-5)12-20(14-26)25(29)27-8-9-30-4/h6-7,10-13H,8-9,15H2,1-5H3,(H,27,29)/b20-12+. The first-order chi connectivity index (χ1) is 15.8. The summed E-state index contributed by atoms with van der Waals surface area (Å²) in [7, 11) is 2.95. The molecular formula is C25H28N2O6. The summed E-state index contributed by atoms with van der Waals surface area (Å²) in [5, 5.41) is 11.9. The molecule has 1 N–H and O–H groups in total. The van der Waals surface area contributed by atoms with Crippen molar-refractivity contribution in [3.63, 3.8) is 0 Å². The van der Waals surface area contributed by atoms with Crippen molar-refractivity contribution in [2.45, 2.75) is 20.8 Å². The van der Waals surface area contributed by atoms with E-state index in [4.69, 9.17) is 18.9 Å². The van der Waals surface area contributed by atoms with Crippen LogP contribution in [0, 0.1) is 32.1 Å². The number of esters is 1. The van der Waals surface area contributed by atoms with Gasteiger partial charge < -0.3 is 24.3 Å². The predicted molar refractivity (Wildman–Crippen MR) is 123 cm³/mol. The van der Waals surface area contributed by atoms with Crippen molar-refractivity contribution in [1.29, 1.82) is 5.26 Å². The number of nitrogens with zero attached hydrogens (tertiary/aromatic N) is 1. The van der Waals surface area contributed by atoms with Crippen molar-refractivity contribution in [2.24, 2.45) is 0 Å². The molecule has 0 radical (unpaired) electrons. The molecule has 0 unspecified atom stereocenters. The van der Waals surface area contributed by atoms with E-state index in [1.165, 1.54) is 26.4 Å². The third-order valence-corrected chi connectivity index (χ3v) is 4.79. The quantitative estimate of drug-likeness (QED) is 0.194. The van der Waals surface area contributed by atoms with Gasteiger partial charge in [0.25, 0.3) is 5.91 Å². The van der Waals surface area contributed by atoms with E-state index in [1.807, 2.05) is 39.0 Å². The second-order valence-corrected chi connectivity index (χ2v) is 7.30. The fraction of sp³-hybridized carbons (Fsp3) is 0.320. The maximum absolute atomic E-state index is 12.3. The molecule has 0 saturated heterocycles. The van der Waals surface area contributed by atoms with Crippen molar-refractivity contribution in [3.05, 3.63) is 58.2 Å².